The Morgan fingerprint density at radius 2 is 2.54 bits per heavy atom. The van der Waals surface area contributed by atoms with Crippen molar-refractivity contribution in [3.63, 3.8) is 0 Å². The molecule has 0 amide bonds. The zero-order valence-corrected chi connectivity index (χ0v) is 7.53. The van der Waals surface area contributed by atoms with Crippen molar-refractivity contribution in [2.75, 3.05) is 0 Å². The highest BCUT2D eigenvalue weighted by Gasteiger charge is 2.10. The van der Waals surface area contributed by atoms with Crippen LogP contribution in [0.15, 0.2) is 18.9 Å². The van der Waals surface area contributed by atoms with E-state index in [1.807, 2.05) is 0 Å². The maximum atomic E-state index is 10.6. The summed E-state index contributed by atoms with van der Waals surface area (Å²) in [6.07, 6.45) is 4.11. The Morgan fingerprint density at radius 1 is 1.85 bits per heavy atom. The van der Waals surface area contributed by atoms with E-state index in [-0.39, 0.29) is 5.56 Å². The van der Waals surface area contributed by atoms with Crippen LogP contribution in [0.2, 0.25) is 0 Å². The zero-order chi connectivity index (χ0) is 9.84. The van der Waals surface area contributed by atoms with Crippen LogP contribution in [0.25, 0.3) is 0 Å². The molecule has 1 aromatic rings. The number of aromatic carboxylic acids is 1. The van der Waals surface area contributed by atoms with E-state index >= 15 is 0 Å². The Bertz CT molecular complexity index is 328. The van der Waals surface area contributed by atoms with Crippen LogP contribution in [0.1, 0.15) is 22.5 Å². The smallest absolute Gasteiger partial charge is 0.339 e. The van der Waals surface area contributed by atoms with Gasteiger partial charge >= 0.3 is 5.97 Å². The monoisotopic (exact) mass is 180 g/mol. The van der Waals surface area contributed by atoms with Crippen LogP contribution in [-0.2, 0) is 6.54 Å². The largest absolute Gasteiger partial charge is 0.478 e. The summed E-state index contributed by atoms with van der Waals surface area (Å²) >= 11 is 0. The third kappa shape index (κ3) is 2.18. The van der Waals surface area contributed by atoms with Gasteiger partial charge in [0.05, 0.1) is 5.69 Å². The zero-order valence-electron chi connectivity index (χ0n) is 7.53. The first kappa shape index (κ1) is 9.51. The summed E-state index contributed by atoms with van der Waals surface area (Å²) in [5.41, 5.74) is 0.820. The highest BCUT2D eigenvalue weighted by atomic mass is 16.4. The van der Waals surface area contributed by atoms with Gasteiger partial charge in [0.1, 0.15) is 5.56 Å². The lowest BCUT2D eigenvalue weighted by molar-refractivity contribution is 0.0696. The normalized spacial score (nSPS) is 9.92. The van der Waals surface area contributed by atoms with Gasteiger partial charge in [0.2, 0.25) is 0 Å². The number of aromatic nitrogens is 2. The summed E-state index contributed by atoms with van der Waals surface area (Å²) in [6.45, 7) is 5.95. The third-order valence-electron chi connectivity index (χ3n) is 1.74. The minimum absolute atomic E-state index is 0.268. The van der Waals surface area contributed by atoms with Crippen LogP contribution >= 0.6 is 0 Å². The molecule has 1 N–H and O–H groups in total. The average molecular weight is 180 g/mol. The van der Waals surface area contributed by atoms with Gasteiger partial charge in [-0.3, -0.25) is 4.68 Å². The van der Waals surface area contributed by atoms with Crippen molar-refractivity contribution in [2.45, 2.75) is 19.9 Å². The number of hydrogen-bond acceptors (Lipinski definition) is 2. The summed E-state index contributed by atoms with van der Waals surface area (Å²) in [5, 5.41) is 12.8. The summed E-state index contributed by atoms with van der Waals surface area (Å²) in [5.74, 6) is -0.928. The van der Waals surface area contributed by atoms with Crippen LogP contribution in [0, 0.1) is 6.92 Å². The van der Waals surface area contributed by atoms with Gasteiger partial charge in [-0.1, -0.05) is 6.08 Å². The predicted octanol–water partition coefficient (Wildman–Crippen LogP) is 1.47. The Morgan fingerprint density at radius 3 is 3.00 bits per heavy atom. The molecule has 0 bridgehead atoms. The van der Waals surface area contributed by atoms with Gasteiger partial charge in [-0.05, 0) is 13.3 Å². The van der Waals surface area contributed by atoms with Crippen molar-refractivity contribution in [1.29, 1.82) is 0 Å². The van der Waals surface area contributed by atoms with Crippen molar-refractivity contribution < 1.29 is 9.90 Å². The fourth-order valence-corrected chi connectivity index (χ4v) is 1.07. The molecule has 0 aromatic carbocycles. The second kappa shape index (κ2) is 3.89. The first-order valence-corrected chi connectivity index (χ1v) is 4.03. The van der Waals surface area contributed by atoms with E-state index in [0.29, 0.717) is 12.2 Å². The molecule has 0 aliphatic heterocycles. The van der Waals surface area contributed by atoms with E-state index in [1.165, 1.54) is 0 Å². The fraction of sp³-hybridized carbons (Fsp3) is 0.333. The molecule has 0 aliphatic rings. The van der Waals surface area contributed by atoms with Gasteiger partial charge < -0.3 is 5.11 Å². The quantitative estimate of drug-likeness (QED) is 0.714. The highest BCUT2D eigenvalue weighted by Crippen LogP contribution is 2.05. The molecule has 0 aliphatic carbocycles. The first-order valence-electron chi connectivity index (χ1n) is 4.03. The van der Waals surface area contributed by atoms with Crippen molar-refractivity contribution in [3.8, 4) is 0 Å². The van der Waals surface area contributed by atoms with Crippen LogP contribution in [0.4, 0.5) is 0 Å². The van der Waals surface area contributed by atoms with Crippen LogP contribution in [0.3, 0.4) is 0 Å². The molecular formula is C9H12N2O2. The molecular weight excluding hydrogens is 168 g/mol. The molecule has 0 saturated heterocycles. The summed E-state index contributed by atoms with van der Waals surface area (Å²) in [4.78, 5) is 10.6. The molecule has 0 unspecified atom stereocenters. The van der Waals surface area contributed by atoms with E-state index in [9.17, 15) is 4.79 Å². The van der Waals surface area contributed by atoms with Gasteiger partial charge in [-0.25, -0.2) is 4.79 Å². The molecule has 4 heteroatoms. The van der Waals surface area contributed by atoms with E-state index in [1.54, 1.807) is 23.9 Å². The molecule has 4 nitrogen and oxygen atoms in total. The minimum Gasteiger partial charge on any atom is -0.478 e. The minimum atomic E-state index is -0.928. The molecule has 13 heavy (non-hydrogen) atoms. The summed E-state index contributed by atoms with van der Waals surface area (Å²) in [7, 11) is 0. The van der Waals surface area contributed by atoms with Gasteiger partial charge in [0.25, 0.3) is 0 Å². The predicted molar refractivity (Wildman–Crippen MR) is 48.7 cm³/mol. The number of nitrogens with zero attached hydrogens (tertiary/aromatic N) is 2. The maximum absolute atomic E-state index is 10.6. The van der Waals surface area contributed by atoms with Crippen molar-refractivity contribution in [2.24, 2.45) is 0 Å². The SMILES string of the molecule is C=CCCn1cc(C(=O)O)c(C)n1. The molecule has 1 heterocycles. The van der Waals surface area contributed by atoms with Gasteiger partial charge in [-0.2, -0.15) is 5.10 Å². The summed E-state index contributed by atoms with van der Waals surface area (Å²) in [6, 6.07) is 0. The lowest BCUT2D eigenvalue weighted by Gasteiger charge is -1.94. The number of aryl methyl sites for hydroxylation is 2. The van der Waals surface area contributed by atoms with Crippen LogP contribution in [0.5, 0.6) is 0 Å². The number of carboxylic acid groups (broad SMARTS) is 1. The standard InChI is InChI=1S/C9H12N2O2/c1-3-4-5-11-6-8(9(12)13)7(2)10-11/h3,6H,1,4-5H2,2H3,(H,12,13). The van der Waals surface area contributed by atoms with Crippen LogP contribution < -0.4 is 0 Å². The van der Waals surface area contributed by atoms with Gasteiger partial charge in [0, 0.05) is 12.7 Å². The molecule has 0 fully saturated rings. The Labute approximate surface area is 76.5 Å². The molecule has 70 valence electrons. The molecule has 1 rings (SSSR count). The second-order valence-electron chi connectivity index (χ2n) is 2.77. The van der Waals surface area contributed by atoms with Gasteiger partial charge in [0.15, 0.2) is 0 Å². The lowest BCUT2D eigenvalue weighted by Crippen LogP contribution is -1.97. The number of hydrogen-bond donors (Lipinski definition) is 1. The number of rotatable bonds is 4. The molecule has 0 radical (unpaired) electrons. The number of carboxylic acids is 1. The highest BCUT2D eigenvalue weighted by molar-refractivity contribution is 5.88. The molecule has 0 saturated carbocycles. The molecule has 1 aromatic heterocycles. The molecule has 0 atom stereocenters. The maximum Gasteiger partial charge on any atom is 0.339 e. The Kier molecular flexibility index (Phi) is 2.84. The fourth-order valence-electron chi connectivity index (χ4n) is 1.07. The topological polar surface area (TPSA) is 55.1 Å². The average Bonchev–Trinajstić information content (AvgIpc) is 2.43. The first-order chi connectivity index (χ1) is 6.15. The summed E-state index contributed by atoms with van der Waals surface area (Å²) < 4.78 is 1.63. The van der Waals surface area contributed by atoms with E-state index < -0.39 is 5.97 Å². The van der Waals surface area contributed by atoms with E-state index in [0.717, 1.165) is 6.42 Å². The molecule has 0 spiro atoms. The van der Waals surface area contributed by atoms with Crippen LogP contribution in [-0.4, -0.2) is 20.9 Å². The second-order valence-corrected chi connectivity index (χ2v) is 2.77. The van der Waals surface area contributed by atoms with E-state index in [2.05, 4.69) is 11.7 Å². The lowest BCUT2D eigenvalue weighted by atomic mass is 10.3. The van der Waals surface area contributed by atoms with Crippen molar-refractivity contribution in [1.82, 2.24) is 9.78 Å². The van der Waals surface area contributed by atoms with Crippen molar-refractivity contribution >= 4 is 5.97 Å². The number of allylic oxidation sites excluding steroid dienone is 1. The Hall–Kier alpha value is -1.58. The third-order valence-corrected chi connectivity index (χ3v) is 1.74. The van der Waals surface area contributed by atoms with Crippen molar-refractivity contribution in [3.05, 3.63) is 30.1 Å². The number of carbonyl (C=O) groups is 1. The van der Waals surface area contributed by atoms with E-state index in [4.69, 9.17) is 5.11 Å². The Balaban J connectivity index is 2.82. The van der Waals surface area contributed by atoms with Gasteiger partial charge in [-0.15, -0.1) is 6.58 Å².